The van der Waals surface area contributed by atoms with Crippen LogP contribution < -0.4 is 0 Å². The zero-order chi connectivity index (χ0) is 16.7. The van der Waals surface area contributed by atoms with E-state index in [4.69, 9.17) is 4.74 Å². The molecule has 2 fully saturated rings. The van der Waals surface area contributed by atoms with E-state index < -0.39 is 12.3 Å². The van der Waals surface area contributed by atoms with Crippen LogP contribution in [0.1, 0.15) is 90.9 Å². The molecule has 134 valence electrons. The van der Waals surface area contributed by atoms with Gasteiger partial charge >= 0.3 is 5.97 Å². The maximum atomic E-state index is 14.3. The van der Waals surface area contributed by atoms with E-state index in [2.05, 4.69) is 13.8 Å². The topological polar surface area (TPSA) is 26.3 Å². The number of halogens is 1. The van der Waals surface area contributed by atoms with Gasteiger partial charge in [0.15, 0.2) is 0 Å². The van der Waals surface area contributed by atoms with Crippen molar-refractivity contribution in [2.24, 2.45) is 17.8 Å². The third-order valence-electron chi connectivity index (χ3n) is 5.93. The molecule has 2 saturated carbocycles. The van der Waals surface area contributed by atoms with Crippen molar-refractivity contribution in [3.63, 3.8) is 0 Å². The number of esters is 1. The number of hydrogen-bond donors (Lipinski definition) is 0. The first-order valence-corrected chi connectivity index (χ1v) is 9.98. The van der Waals surface area contributed by atoms with Gasteiger partial charge in [-0.05, 0) is 56.8 Å². The van der Waals surface area contributed by atoms with Gasteiger partial charge in [-0.15, -0.1) is 0 Å². The van der Waals surface area contributed by atoms with Gasteiger partial charge in [-0.2, -0.15) is 0 Å². The van der Waals surface area contributed by atoms with Crippen LogP contribution in [0.3, 0.4) is 0 Å². The van der Waals surface area contributed by atoms with E-state index in [1.165, 1.54) is 25.7 Å². The number of ether oxygens (including phenoxy) is 1. The van der Waals surface area contributed by atoms with Gasteiger partial charge in [0.2, 0.25) is 0 Å². The molecule has 3 unspecified atom stereocenters. The highest BCUT2D eigenvalue weighted by atomic mass is 19.1. The lowest BCUT2D eigenvalue weighted by Crippen LogP contribution is -2.37. The van der Waals surface area contributed by atoms with Gasteiger partial charge in [-0.25, -0.2) is 4.39 Å². The number of hydrogen-bond acceptors (Lipinski definition) is 2. The van der Waals surface area contributed by atoms with Crippen molar-refractivity contribution in [2.75, 3.05) is 0 Å². The zero-order valence-electron chi connectivity index (χ0n) is 15.1. The third-order valence-corrected chi connectivity index (χ3v) is 5.93. The van der Waals surface area contributed by atoms with Crippen LogP contribution >= 0.6 is 0 Å². The number of alkyl halides is 1. The van der Waals surface area contributed by atoms with Gasteiger partial charge in [-0.1, -0.05) is 46.0 Å². The van der Waals surface area contributed by atoms with Gasteiger partial charge < -0.3 is 4.74 Å². The Morgan fingerprint density at radius 1 is 0.957 bits per heavy atom. The summed E-state index contributed by atoms with van der Waals surface area (Å²) in [6.07, 6.45) is 11.0. The Labute approximate surface area is 141 Å². The normalized spacial score (nSPS) is 35.0. The summed E-state index contributed by atoms with van der Waals surface area (Å²) in [6.45, 7) is 4.40. The summed E-state index contributed by atoms with van der Waals surface area (Å²) in [7, 11) is 0. The van der Waals surface area contributed by atoms with Crippen molar-refractivity contribution in [1.29, 1.82) is 0 Å². The number of carbonyl (C=O) groups is 1. The first kappa shape index (κ1) is 18.7. The maximum absolute atomic E-state index is 14.3. The Morgan fingerprint density at radius 3 is 2.26 bits per heavy atom. The van der Waals surface area contributed by atoms with Crippen molar-refractivity contribution < 1.29 is 13.9 Å². The molecule has 0 amide bonds. The summed E-state index contributed by atoms with van der Waals surface area (Å²) >= 11 is 0. The predicted octanol–water partition coefficient (Wildman–Crippen LogP) is 5.83. The molecule has 0 aromatic carbocycles. The molecule has 2 aliphatic carbocycles. The van der Waals surface area contributed by atoms with Crippen molar-refractivity contribution in [3.8, 4) is 0 Å². The second-order valence-electron chi connectivity index (χ2n) is 7.82. The fourth-order valence-corrected chi connectivity index (χ4v) is 4.40. The molecule has 2 nitrogen and oxygen atoms in total. The molecule has 0 aromatic heterocycles. The minimum Gasteiger partial charge on any atom is -0.459 e. The van der Waals surface area contributed by atoms with Gasteiger partial charge in [-0.3, -0.25) is 4.79 Å². The predicted molar refractivity (Wildman–Crippen MR) is 92.0 cm³/mol. The van der Waals surface area contributed by atoms with E-state index >= 15 is 0 Å². The highest BCUT2D eigenvalue weighted by Crippen LogP contribution is 2.35. The standard InChI is InChI=1S/C20H35FO2/c1-3-5-7-16-10-13-19(18(21)14-16)23-20(22)17-11-8-15(6-4-2)9-12-17/h15-19H,3-14H2,1-2H3. The maximum Gasteiger partial charge on any atom is 0.309 e. The van der Waals surface area contributed by atoms with Gasteiger partial charge in [0.05, 0.1) is 5.92 Å². The number of carbonyl (C=O) groups excluding carboxylic acids is 1. The Bertz CT molecular complexity index is 350. The molecule has 3 heteroatoms. The molecule has 23 heavy (non-hydrogen) atoms. The number of unbranched alkanes of at least 4 members (excludes halogenated alkanes) is 1. The summed E-state index contributed by atoms with van der Waals surface area (Å²) in [5.41, 5.74) is 0. The zero-order valence-corrected chi connectivity index (χ0v) is 15.1. The third kappa shape index (κ3) is 5.76. The van der Waals surface area contributed by atoms with Crippen LogP contribution in [0.4, 0.5) is 4.39 Å². The van der Waals surface area contributed by atoms with Crippen molar-refractivity contribution in [1.82, 2.24) is 0 Å². The van der Waals surface area contributed by atoms with E-state index in [1.807, 2.05) is 0 Å². The van der Waals surface area contributed by atoms with E-state index in [-0.39, 0.29) is 11.9 Å². The largest absolute Gasteiger partial charge is 0.459 e. The molecule has 0 saturated heterocycles. The smallest absolute Gasteiger partial charge is 0.309 e. The highest BCUT2D eigenvalue weighted by molar-refractivity contribution is 5.72. The van der Waals surface area contributed by atoms with Crippen LogP contribution in [0.15, 0.2) is 0 Å². The Morgan fingerprint density at radius 2 is 1.65 bits per heavy atom. The SMILES string of the molecule is CCCCC1CCC(OC(=O)C2CCC(CCC)CC2)C(F)C1. The lowest BCUT2D eigenvalue weighted by atomic mass is 9.80. The minimum atomic E-state index is -0.953. The van der Waals surface area contributed by atoms with E-state index in [9.17, 15) is 9.18 Å². The summed E-state index contributed by atoms with van der Waals surface area (Å²) in [5.74, 6) is 1.17. The molecule has 0 aliphatic heterocycles. The summed E-state index contributed by atoms with van der Waals surface area (Å²) < 4.78 is 19.9. The molecule has 3 atom stereocenters. The van der Waals surface area contributed by atoms with Crippen LogP contribution in [0.2, 0.25) is 0 Å². The average Bonchev–Trinajstić information content (AvgIpc) is 2.56. The van der Waals surface area contributed by atoms with Crippen LogP contribution in [-0.2, 0) is 9.53 Å². The quantitative estimate of drug-likeness (QED) is 0.550. The van der Waals surface area contributed by atoms with Crippen LogP contribution in [0.5, 0.6) is 0 Å². The second-order valence-corrected chi connectivity index (χ2v) is 7.82. The highest BCUT2D eigenvalue weighted by Gasteiger charge is 2.35. The molecule has 2 aliphatic rings. The van der Waals surface area contributed by atoms with Crippen LogP contribution in [0.25, 0.3) is 0 Å². The average molecular weight is 326 g/mol. The molecule has 0 spiro atoms. The summed E-state index contributed by atoms with van der Waals surface area (Å²) in [4.78, 5) is 12.3. The molecule has 0 N–H and O–H groups in total. The fourth-order valence-electron chi connectivity index (χ4n) is 4.40. The summed E-state index contributed by atoms with van der Waals surface area (Å²) in [6, 6.07) is 0. The van der Waals surface area contributed by atoms with Crippen LogP contribution in [-0.4, -0.2) is 18.2 Å². The Balaban J connectivity index is 1.71. The second kappa shape index (κ2) is 9.64. The van der Waals surface area contributed by atoms with Gasteiger partial charge in [0.25, 0.3) is 0 Å². The van der Waals surface area contributed by atoms with Gasteiger partial charge in [0.1, 0.15) is 12.3 Å². The van der Waals surface area contributed by atoms with E-state index in [0.29, 0.717) is 18.8 Å². The lowest BCUT2D eigenvalue weighted by Gasteiger charge is -2.33. The van der Waals surface area contributed by atoms with Crippen molar-refractivity contribution >= 4 is 5.97 Å². The Kier molecular flexibility index (Phi) is 7.85. The molecular formula is C20H35FO2. The Hall–Kier alpha value is -0.600. The van der Waals surface area contributed by atoms with Crippen molar-refractivity contribution in [3.05, 3.63) is 0 Å². The monoisotopic (exact) mass is 326 g/mol. The summed E-state index contributed by atoms with van der Waals surface area (Å²) in [5, 5.41) is 0. The van der Waals surface area contributed by atoms with E-state index in [0.717, 1.165) is 44.4 Å². The molecule has 0 aromatic rings. The van der Waals surface area contributed by atoms with Gasteiger partial charge in [0, 0.05) is 0 Å². The first-order chi connectivity index (χ1) is 11.1. The van der Waals surface area contributed by atoms with Crippen LogP contribution in [0, 0.1) is 17.8 Å². The minimum absolute atomic E-state index is 0.0214. The van der Waals surface area contributed by atoms with Crippen molar-refractivity contribution in [2.45, 2.75) is 103 Å². The molecule has 2 rings (SSSR count). The molecular weight excluding hydrogens is 291 g/mol. The number of rotatable bonds is 7. The molecule has 0 heterocycles. The molecule has 0 radical (unpaired) electrons. The lowest BCUT2D eigenvalue weighted by molar-refractivity contribution is -0.161. The fraction of sp³-hybridized carbons (Fsp3) is 0.950. The molecule has 0 bridgehead atoms. The first-order valence-electron chi connectivity index (χ1n) is 9.98. The van der Waals surface area contributed by atoms with E-state index in [1.54, 1.807) is 0 Å².